The fraction of sp³-hybridized carbons (Fsp3) is 0.103. The number of hydrogen-bond acceptors (Lipinski definition) is 7. The van der Waals surface area contributed by atoms with E-state index in [1.54, 1.807) is 48.8 Å². The van der Waals surface area contributed by atoms with Crippen LogP contribution in [0.3, 0.4) is 0 Å². The largest absolute Gasteiger partial charge is 0.455 e. The van der Waals surface area contributed by atoms with E-state index in [1.807, 2.05) is 12.1 Å². The van der Waals surface area contributed by atoms with Crippen LogP contribution in [0.15, 0.2) is 84.0 Å². The van der Waals surface area contributed by atoms with Crippen molar-refractivity contribution >= 4 is 52.3 Å². The number of amides is 2. The minimum Gasteiger partial charge on any atom is -0.455 e. The van der Waals surface area contributed by atoms with Crippen molar-refractivity contribution in [1.82, 2.24) is 4.98 Å². The number of nitrogen functional groups attached to an aromatic ring is 1. The number of hydrogen-bond donors (Lipinski definition) is 4. The van der Waals surface area contributed by atoms with Crippen molar-refractivity contribution in [2.75, 3.05) is 21.7 Å². The van der Waals surface area contributed by atoms with Crippen LogP contribution >= 0.6 is 0 Å². The van der Waals surface area contributed by atoms with Crippen LogP contribution in [0.4, 0.5) is 38.6 Å². The highest BCUT2D eigenvalue weighted by Gasteiger charge is 2.56. The zero-order valence-corrected chi connectivity index (χ0v) is 20.6. The van der Waals surface area contributed by atoms with Crippen LogP contribution in [-0.2, 0) is 9.59 Å². The number of ether oxygens (including phenoxy) is 1. The summed E-state index contributed by atoms with van der Waals surface area (Å²) in [6.07, 6.45) is 4.20. The summed E-state index contributed by atoms with van der Waals surface area (Å²) in [6.45, 7) is 0. The van der Waals surface area contributed by atoms with Gasteiger partial charge in [0, 0.05) is 46.8 Å². The lowest BCUT2D eigenvalue weighted by atomic mass is 10.0. The SMILES string of the molecule is Nc1ccc2c(c1)C=Nc1c(Oc3ccc(NC(=O)C4(C(=O)Nc5ccc(F)cc5)CC4)cc3)ccnc1N2. The van der Waals surface area contributed by atoms with Gasteiger partial charge in [-0.3, -0.25) is 9.59 Å². The number of anilines is 5. The predicted octanol–water partition coefficient (Wildman–Crippen LogP) is 5.76. The van der Waals surface area contributed by atoms with Crippen molar-refractivity contribution in [3.63, 3.8) is 0 Å². The van der Waals surface area contributed by atoms with Crippen molar-refractivity contribution in [3.8, 4) is 11.5 Å². The number of pyridine rings is 1. The molecule has 6 rings (SSSR count). The molecule has 1 aliphatic carbocycles. The van der Waals surface area contributed by atoms with Gasteiger partial charge in [0.1, 0.15) is 22.7 Å². The second-order valence-electron chi connectivity index (χ2n) is 9.36. The van der Waals surface area contributed by atoms with Crippen LogP contribution < -0.4 is 26.4 Å². The Kier molecular flexibility index (Phi) is 5.91. The van der Waals surface area contributed by atoms with Gasteiger partial charge in [-0.25, -0.2) is 14.4 Å². The summed E-state index contributed by atoms with van der Waals surface area (Å²) >= 11 is 0. The molecule has 0 unspecified atom stereocenters. The smallest absolute Gasteiger partial charge is 0.240 e. The lowest BCUT2D eigenvalue weighted by molar-refractivity contribution is -0.131. The molecule has 0 spiro atoms. The second kappa shape index (κ2) is 9.56. The lowest BCUT2D eigenvalue weighted by Gasteiger charge is -2.16. The van der Waals surface area contributed by atoms with E-state index in [-0.39, 0.29) is 0 Å². The van der Waals surface area contributed by atoms with E-state index in [0.717, 1.165) is 11.3 Å². The molecule has 10 heteroatoms. The van der Waals surface area contributed by atoms with E-state index in [4.69, 9.17) is 10.5 Å². The summed E-state index contributed by atoms with van der Waals surface area (Å²) in [7, 11) is 0. The molecule has 194 valence electrons. The van der Waals surface area contributed by atoms with E-state index in [0.29, 0.717) is 52.9 Å². The molecule has 0 radical (unpaired) electrons. The van der Waals surface area contributed by atoms with E-state index < -0.39 is 23.0 Å². The molecular formula is C29H23FN6O3. The quantitative estimate of drug-likeness (QED) is 0.166. The van der Waals surface area contributed by atoms with Crippen LogP contribution in [0.1, 0.15) is 18.4 Å². The molecular weight excluding hydrogens is 499 g/mol. The minimum absolute atomic E-state index is 0.393. The van der Waals surface area contributed by atoms with Crippen LogP contribution in [0, 0.1) is 11.2 Å². The molecule has 5 N–H and O–H groups in total. The topological polar surface area (TPSA) is 131 Å². The molecule has 2 amide bonds. The van der Waals surface area contributed by atoms with E-state index in [2.05, 4.69) is 25.9 Å². The first kappa shape index (κ1) is 24.1. The molecule has 2 aliphatic rings. The average Bonchev–Trinajstić information content (AvgIpc) is 3.76. The van der Waals surface area contributed by atoms with Crippen molar-refractivity contribution in [1.29, 1.82) is 0 Å². The molecule has 1 saturated carbocycles. The Morgan fingerprint density at radius 2 is 1.59 bits per heavy atom. The van der Waals surface area contributed by atoms with Gasteiger partial charge in [-0.15, -0.1) is 0 Å². The number of nitrogens with one attached hydrogen (secondary N) is 3. The molecule has 0 saturated heterocycles. The summed E-state index contributed by atoms with van der Waals surface area (Å²) in [5, 5.41) is 8.78. The molecule has 3 aromatic carbocycles. The Balaban J connectivity index is 1.13. The number of nitrogens with two attached hydrogens (primary N) is 1. The standard InChI is InChI=1S/C29H23FN6O3/c30-18-1-4-20(5-2-18)34-27(37)29(12-13-29)28(38)35-21-6-8-22(9-7-21)39-24-11-14-32-26-25(24)33-16-17-15-19(31)3-10-23(17)36-26/h1-11,14-16H,12-13,31H2,(H,32,36)(H,34,37)(H,35,38). The maximum Gasteiger partial charge on any atom is 0.240 e. The first-order valence-electron chi connectivity index (χ1n) is 12.3. The van der Waals surface area contributed by atoms with Crippen LogP contribution in [0.25, 0.3) is 0 Å². The highest BCUT2D eigenvalue weighted by atomic mass is 19.1. The van der Waals surface area contributed by atoms with E-state index >= 15 is 0 Å². The summed E-state index contributed by atoms with van der Waals surface area (Å²) in [5.41, 5.74) is 8.54. The fourth-order valence-electron chi connectivity index (χ4n) is 4.25. The number of carbonyl (C=O) groups excluding carboxylic acids is 2. The Morgan fingerprint density at radius 1 is 0.923 bits per heavy atom. The summed E-state index contributed by atoms with van der Waals surface area (Å²) in [5.74, 6) is 0.359. The van der Waals surface area contributed by atoms with Crippen molar-refractivity contribution in [2.45, 2.75) is 12.8 Å². The number of aliphatic imine (C=N–C) groups is 1. The van der Waals surface area contributed by atoms with Gasteiger partial charge in [0.05, 0.1) is 0 Å². The molecule has 1 aromatic heterocycles. The third-order valence-corrected chi connectivity index (χ3v) is 6.61. The van der Waals surface area contributed by atoms with Crippen molar-refractivity contribution in [2.24, 2.45) is 10.4 Å². The normalized spacial score (nSPS) is 14.2. The number of fused-ring (bicyclic) bond motifs is 2. The average molecular weight is 523 g/mol. The molecule has 1 fully saturated rings. The van der Waals surface area contributed by atoms with Gasteiger partial charge in [0.2, 0.25) is 11.8 Å². The van der Waals surface area contributed by atoms with Gasteiger partial charge in [-0.1, -0.05) is 0 Å². The molecule has 0 atom stereocenters. The fourth-order valence-corrected chi connectivity index (χ4v) is 4.25. The summed E-state index contributed by atoms with van der Waals surface area (Å²) in [4.78, 5) is 34.7. The van der Waals surface area contributed by atoms with Crippen molar-refractivity contribution in [3.05, 3.63) is 90.4 Å². The number of carbonyl (C=O) groups is 2. The van der Waals surface area contributed by atoms with Crippen LogP contribution in [-0.4, -0.2) is 23.0 Å². The molecule has 2 heterocycles. The van der Waals surface area contributed by atoms with Crippen LogP contribution in [0.2, 0.25) is 0 Å². The third kappa shape index (κ3) is 4.87. The monoisotopic (exact) mass is 522 g/mol. The highest BCUT2D eigenvalue weighted by Crippen LogP contribution is 2.47. The summed E-state index contributed by atoms with van der Waals surface area (Å²) in [6, 6.07) is 19.4. The maximum atomic E-state index is 13.1. The molecule has 9 nitrogen and oxygen atoms in total. The van der Waals surface area contributed by atoms with E-state index in [1.165, 1.54) is 24.3 Å². The Labute approximate surface area is 222 Å². The first-order valence-corrected chi connectivity index (χ1v) is 12.3. The number of benzene rings is 3. The molecule has 4 aromatic rings. The number of aromatic nitrogens is 1. The van der Waals surface area contributed by atoms with Gasteiger partial charge in [-0.05, 0) is 79.6 Å². The van der Waals surface area contributed by atoms with Gasteiger partial charge in [-0.2, -0.15) is 0 Å². The number of halogens is 1. The Bertz CT molecular complexity index is 1620. The van der Waals surface area contributed by atoms with E-state index in [9.17, 15) is 14.0 Å². The zero-order valence-electron chi connectivity index (χ0n) is 20.6. The third-order valence-electron chi connectivity index (χ3n) is 6.61. The Hall–Kier alpha value is -5.25. The van der Waals surface area contributed by atoms with Gasteiger partial charge in [0.25, 0.3) is 0 Å². The van der Waals surface area contributed by atoms with Gasteiger partial charge in [0.15, 0.2) is 11.6 Å². The Morgan fingerprint density at radius 3 is 2.26 bits per heavy atom. The highest BCUT2D eigenvalue weighted by molar-refractivity contribution is 6.16. The maximum absolute atomic E-state index is 13.1. The molecule has 0 bridgehead atoms. The molecule has 1 aliphatic heterocycles. The van der Waals surface area contributed by atoms with Crippen molar-refractivity contribution < 1.29 is 18.7 Å². The van der Waals surface area contributed by atoms with Crippen LogP contribution in [0.5, 0.6) is 11.5 Å². The predicted molar refractivity (Wildman–Crippen MR) is 147 cm³/mol. The zero-order chi connectivity index (χ0) is 27.0. The molecule has 39 heavy (non-hydrogen) atoms. The lowest BCUT2D eigenvalue weighted by Crippen LogP contribution is -2.35. The number of nitrogens with zero attached hydrogens (tertiary/aromatic N) is 2. The summed E-state index contributed by atoms with van der Waals surface area (Å²) < 4.78 is 19.2. The first-order chi connectivity index (χ1) is 18.9. The number of rotatable bonds is 6. The van der Waals surface area contributed by atoms with Gasteiger partial charge < -0.3 is 26.4 Å². The minimum atomic E-state index is -1.15. The second-order valence-corrected chi connectivity index (χ2v) is 9.36. The van der Waals surface area contributed by atoms with Gasteiger partial charge >= 0.3 is 0 Å².